The zero-order valence-corrected chi connectivity index (χ0v) is 10.6. The molecule has 3 rings (SSSR count). The second kappa shape index (κ2) is 9.04. The molecule has 20 heavy (non-hydrogen) atoms. The molecule has 0 saturated carbocycles. The van der Waals surface area contributed by atoms with Gasteiger partial charge in [0.1, 0.15) is 5.75 Å². The summed E-state index contributed by atoms with van der Waals surface area (Å²) in [5.41, 5.74) is 1.06. The Kier molecular flexibility index (Phi) is 6.83. The Morgan fingerprint density at radius 1 is 0.900 bits per heavy atom. The molecule has 0 radical (unpaired) electrons. The van der Waals surface area contributed by atoms with Crippen molar-refractivity contribution in [1.82, 2.24) is 9.97 Å². The fourth-order valence-electron chi connectivity index (χ4n) is 1.36. The van der Waals surface area contributed by atoms with Crippen molar-refractivity contribution in [3.05, 3.63) is 67.1 Å². The number of nitrogens with zero attached hydrogens (tertiary/aromatic N) is 2. The normalized spacial score (nSPS) is 8.60. The highest BCUT2D eigenvalue weighted by atomic mass is 16.3. The van der Waals surface area contributed by atoms with Crippen molar-refractivity contribution >= 4 is 17.4 Å². The topological polar surface area (TPSA) is 83.3 Å². The molecule has 0 atom stereocenters. The summed E-state index contributed by atoms with van der Waals surface area (Å²) < 4.78 is 0. The number of aromatic nitrogens is 2. The van der Waals surface area contributed by atoms with Gasteiger partial charge in [0.2, 0.25) is 0 Å². The molecule has 0 amide bonds. The van der Waals surface area contributed by atoms with Crippen molar-refractivity contribution < 1.29 is 15.0 Å². The molecule has 3 aromatic rings. The average molecular weight is 270 g/mol. The van der Waals surface area contributed by atoms with Crippen LogP contribution in [-0.2, 0) is 4.79 Å². The van der Waals surface area contributed by atoms with Crippen molar-refractivity contribution in [3.63, 3.8) is 0 Å². The monoisotopic (exact) mass is 270 g/mol. The number of fused-ring (bicyclic) bond motifs is 1. The van der Waals surface area contributed by atoms with Gasteiger partial charge in [0.05, 0.1) is 5.52 Å². The third-order valence-corrected chi connectivity index (χ3v) is 2.17. The molecule has 5 heteroatoms. The molecule has 0 fully saturated rings. The van der Waals surface area contributed by atoms with Gasteiger partial charge in [0.15, 0.2) is 0 Å². The number of carboxylic acid groups (broad SMARTS) is 1. The van der Waals surface area contributed by atoms with Crippen molar-refractivity contribution in [2.45, 2.75) is 0 Å². The molecule has 102 valence electrons. The summed E-state index contributed by atoms with van der Waals surface area (Å²) in [5.74, 6) is 0.259. The van der Waals surface area contributed by atoms with Crippen LogP contribution in [0.2, 0.25) is 0 Å². The van der Waals surface area contributed by atoms with E-state index in [4.69, 9.17) is 15.0 Å². The van der Waals surface area contributed by atoms with Gasteiger partial charge in [-0.05, 0) is 24.3 Å². The van der Waals surface area contributed by atoms with E-state index < -0.39 is 0 Å². The molecule has 0 unspecified atom stereocenters. The van der Waals surface area contributed by atoms with Crippen LogP contribution in [0.15, 0.2) is 67.1 Å². The molecule has 0 aliphatic heterocycles. The van der Waals surface area contributed by atoms with Gasteiger partial charge in [-0.25, -0.2) is 0 Å². The second-order valence-electron chi connectivity index (χ2n) is 3.51. The van der Waals surface area contributed by atoms with Crippen LogP contribution in [0.4, 0.5) is 0 Å². The molecule has 0 bridgehead atoms. The van der Waals surface area contributed by atoms with E-state index in [1.165, 1.54) is 29.9 Å². The minimum atomic E-state index is -0.250. The highest BCUT2D eigenvalue weighted by Gasteiger charge is 1.86. The largest absolute Gasteiger partial charge is 0.508 e. The van der Waals surface area contributed by atoms with E-state index in [-0.39, 0.29) is 12.2 Å². The van der Waals surface area contributed by atoms with Gasteiger partial charge < -0.3 is 10.2 Å². The first-order chi connectivity index (χ1) is 9.77. The van der Waals surface area contributed by atoms with Crippen LogP contribution in [0.5, 0.6) is 5.75 Å². The SMILES string of the molecule is O=CO.Oc1ccncc1.c1ccc2ncccc2c1. The molecule has 5 nitrogen and oxygen atoms in total. The van der Waals surface area contributed by atoms with E-state index in [0.29, 0.717) is 0 Å². The van der Waals surface area contributed by atoms with Crippen molar-refractivity contribution in [2.75, 3.05) is 0 Å². The van der Waals surface area contributed by atoms with Gasteiger partial charge in [-0.2, -0.15) is 0 Å². The predicted molar refractivity (Wildman–Crippen MR) is 76.3 cm³/mol. The fraction of sp³-hybridized carbons (Fsp3) is 0. The Morgan fingerprint density at radius 2 is 1.50 bits per heavy atom. The third-order valence-electron chi connectivity index (χ3n) is 2.17. The zero-order valence-electron chi connectivity index (χ0n) is 10.6. The summed E-state index contributed by atoms with van der Waals surface area (Å²) in [4.78, 5) is 16.2. The Labute approximate surface area is 116 Å². The lowest BCUT2D eigenvalue weighted by Crippen LogP contribution is -1.73. The summed E-state index contributed by atoms with van der Waals surface area (Å²) in [6.07, 6.45) is 4.88. The smallest absolute Gasteiger partial charge is 0.290 e. The van der Waals surface area contributed by atoms with E-state index in [1.54, 1.807) is 0 Å². The van der Waals surface area contributed by atoms with Crippen LogP contribution in [0.25, 0.3) is 10.9 Å². The molecule has 2 aromatic heterocycles. The van der Waals surface area contributed by atoms with Gasteiger partial charge >= 0.3 is 0 Å². The van der Waals surface area contributed by atoms with E-state index in [0.717, 1.165) is 5.52 Å². The molecular weight excluding hydrogens is 256 g/mol. The van der Waals surface area contributed by atoms with E-state index >= 15 is 0 Å². The Bertz CT molecular complexity index is 565. The third kappa shape index (κ3) is 5.59. The number of hydrogen-bond acceptors (Lipinski definition) is 4. The standard InChI is InChI=1S/C9H7N.C5H5NO.CH2O2/c1-2-6-9-8(4-1)5-3-7-10-9;7-5-1-3-6-4-2-5;2-1-3/h1-7H;1-4H,(H,6,7);1H,(H,2,3). The first-order valence-electron chi connectivity index (χ1n) is 5.74. The molecule has 2 heterocycles. The van der Waals surface area contributed by atoms with Crippen LogP contribution in [0, 0.1) is 0 Å². The summed E-state index contributed by atoms with van der Waals surface area (Å²) in [6.45, 7) is -0.250. The number of hydrogen-bond donors (Lipinski definition) is 2. The first-order valence-corrected chi connectivity index (χ1v) is 5.74. The van der Waals surface area contributed by atoms with E-state index in [1.807, 2.05) is 30.5 Å². The van der Waals surface area contributed by atoms with Gasteiger partial charge in [0, 0.05) is 24.0 Å². The number of aromatic hydroxyl groups is 1. The molecule has 0 aliphatic carbocycles. The van der Waals surface area contributed by atoms with Gasteiger partial charge in [-0.3, -0.25) is 14.8 Å². The van der Waals surface area contributed by atoms with Gasteiger partial charge in [0.25, 0.3) is 6.47 Å². The van der Waals surface area contributed by atoms with E-state index in [9.17, 15) is 0 Å². The molecule has 0 aliphatic rings. The number of rotatable bonds is 0. The quantitative estimate of drug-likeness (QED) is 0.614. The van der Waals surface area contributed by atoms with Crippen LogP contribution >= 0.6 is 0 Å². The second-order valence-corrected chi connectivity index (χ2v) is 3.51. The lowest BCUT2D eigenvalue weighted by Gasteiger charge is -1.91. The minimum absolute atomic E-state index is 0.250. The van der Waals surface area contributed by atoms with Crippen molar-refractivity contribution in [1.29, 1.82) is 0 Å². The van der Waals surface area contributed by atoms with Crippen molar-refractivity contribution in [2.24, 2.45) is 0 Å². The van der Waals surface area contributed by atoms with Crippen LogP contribution in [0.3, 0.4) is 0 Å². The molecule has 0 saturated heterocycles. The summed E-state index contributed by atoms with van der Waals surface area (Å²) in [6, 6.07) is 15.1. The summed E-state index contributed by atoms with van der Waals surface area (Å²) in [5, 5.41) is 16.7. The number of carbonyl (C=O) groups is 1. The number of pyridine rings is 2. The summed E-state index contributed by atoms with van der Waals surface area (Å²) in [7, 11) is 0. The Hall–Kier alpha value is -2.95. The minimum Gasteiger partial charge on any atom is -0.508 e. The molecule has 1 aromatic carbocycles. The lowest BCUT2D eigenvalue weighted by atomic mass is 10.2. The molecular formula is C15H14N2O3. The number of benzene rings is 1. The first kappa shape index (κ1) is 15.1. The van der Waals surface area contributed by atoms with Crippen molar-refractivity contribution in [3.8, 4) is 5.75 Å². The van der Waals surface area contributed by atoms with Crippen LogP contribution < -0.4 is 0 Å². The van der Waals surface area contributed by atoms with E-state index in [2.05, 4.69) is 22.1 Å². The lowest BCUT2D eigenvalue weighted by molar-refractivity contribution is -0.122. The Balaban J connectivity index is 0.000000176. The number of para-hydroxylation sites is 1. The maximum Gasteiger partial charge on any atom is 0.290 e. The highest BCUT2D eigenvalue weighted by molar-refractivity contribution is 5.77. The fourth-order valence-corrected chi connectivity index (χ4v) is 1.36. The van der Waals surface area contributed by atoms with Crippen LogP contribution in [-0.4, -0.2) is 26.7 Å². The highest BCUT2D eigenvalue weighted by Crippen LogP contribution is 2.07. The maximum absolute atomic E-state index is 8.59. The van der Waals surface area contributed by atoms with Gasteiger partial charge in [-0.15, -0.1) is 0 Å². The predicted octanol–water partition coefficient (Wildman–Crippen LogP) is 2.72. The average Bonchev–Trinajstić information content (AvgIpc) is 2.50. The van der Waals surface area contributed by atoms with Crippen LogP contribution in [0.1, 0.15) is 0 Å². The molecule has 0 spiro atoms. The maximum atomic E-state index is 8.59. The summed E-state index contributed by atoms with van der Waals surface area (Å²) >= 11 is 0. The van der Waals surface area contributed by atoms with Gasteiger partial charge in [-0.1, -0.05) is 24.3 Å². The zero-order chi connectivity index (χ0) is 14.6. The Morgan fingerprint density at radius 3 is 2.05 bits per heavy atom. The molecule has 2 N–H and O–H groups in total.